The SMILES string of the molecule is CC1CCCC(C(=O)N2CCCC(C)(O)C2)C1N. The number of β-amino-alcohol motifs (C(OH)–C–C–N with tert-alkyl or cyclic N) is 1. The lowest BCUT2D eigenvalue weighted by Gasteiger charge is -2.41. The zero-order valence-corrected chi connectivity index (χ0v) is 11.6. The summed E-state index contributed by atoms with van der Waals surface area (Å²) in [6.45, 7) is 5.18. The Kier molecular flexibility index (Phi) is 3.97. The third kappa shape index (κ3) is 2.86. The number of nitrogens with zero attached hydrogens (tertiary/aromatic N) is 1. The molecule has 4 nitrogen and oxygen atoms in total. The molecule has 0 aromatic rings. The van der Waals surface area contributed by atoms with Gasteiger partial charge in [0.05, 0.1) is 11.5 Å². The van der Waals surface area contributed by atoms with Gasteiger partial charge < -0.3 is 15.7 Å². The summed E-state index contributed by atoms with van der Waals surface area (Å²) in [7, 11) is 0. The zero-order chi connectivity index (χ0) is 13.3. The fraction of sp³-hybridized carbons (Fsp3) is 0.929. The highest BCUT2D eigenvalue weighted by Crippen LogP contribution is 2.31. The van der Waals surface area contributed by atoms with Crippen molar-refractivity contribution in [2.24, 2.45) is 17.6 Å². The molecular formula is C14H26N2O2. The Morgan fingerprint density at radius 1 is 1.39 bits per heavy atom. The van der Waals surface area contributed by atoms with E-state index in [-0.39, 0.29) is 17.9 Å². The van der Waals surface area contributed by atoms with Crippen LogP contribution in [0, 0.1) is 11.8 Å². The number of nitrogens with two attached hydrogens (primary N) is 1. The van der Waals surface area contributed by atoms with Gasteiger partial charge in [0.1, 0.15) is 0 Å². The van der Waals surface area contributed by atoms with Crippen LogP contribution in [0.5, 0.6) is 0 Å². The van der Waals surface area contributed by atoms with Gasteiger partial charge in [-0.15, -0.1) is 0 Å². The molecule has 1 heterocycles. The second-order valence-electron chi connectivity index (χ2n) is 6.45. The first-order valence-corrected chi connectivity index (χ1v) is 7.17. The van der Waals surface area contributed by atoms with Gasteiger partial charge in [0.25, 0.3) is 0 Å². The van der Waals surface area contributed by atoms with Gasteiger partial charge in [0.2, 0.25) is 5.91 Å². The van der Waals surface area contributed by atoms with Crippen LogP contribution in [0.1, 0.15) is 46.0 Å². The Hall–Kier alpha value is -0.610. The van der Waals surface area contributed by atoms with Crippen molar-refractivity contribution in [2.45, 2.75) is 57.6 Å². The molecule has 0 spiro atoms. The fourth-order valence-corrected chi connectivity index (χ4v) is 3.37. The van der Waals surface area contributed by atoms with Crippen molar-refractivity contribution in [1.82, 2.24) is 4.90 Å². The normalized spacial score (nSPS) is 41.8. The van der Waals surface area contributed by atoms with E-state index >= 15 is 0 Å². The van der Waals surface area contributed by atoms with Crippen LogP contribution in [0.25, 0.3) is 0 Å². The van der Waals surface area contributed by atoms with Crippen molar-refractivity contribution in [3.05, 3.63) is 0 Å². The average molecular weight is 254 g/mol. The quantitative estimate of drug-likeness (QED) is 0.737. The zero-order valence-electron chi connectivity index (χ0n) is 11.6. The van der Waals surface area contributed by atoms with E-state index in [1.54, 1.807) is 0 Å². The first-order valence-electron chi connectivity index (χ1n) is 7.17. The number of carbonyl (C=O) groups is 1. The summed E-state index contributed by atoms with van der Waals surface area (Å²) in [4.78, 5) is 14.4. The summed E-state index contributed by atoms with van der Waals surface area (Å²) < 4.78 is 0. The van der Waals surface area contributed by atoms with E-state index < -0.39 is 5.60 Å². The molecule has 4 unspecified atom stereocenters. The van der Waals surface area contributed by atoms with E-state index in [0.29, 0.717) is 12.5 Å². The first-order chi connectivity index (χ1) is 8.41. The number of rotatable bonds is 1. The van der Waals surface area contributed by atoms with Crippen LogP contribution in [0.15, 0.2) is 0 Å². The van der Waals surface area contributed by atoms with Gasteiger partial charge >= 0.3 is 0 Å². The second kappa shape index (κ2) is 5.17. The monoisotopic (exact) mass is 254 g/mol. The van der Waals surface area contributed by atoms with Crippen LogP contribution in [0.2, 0.25) is 0 Å². The third-order valence-corrected chi connectivity index (χ3v) is 4.60. The Morgan fingerprint density at radius 2 is 2.11 bits per heavy atom. The summed E-state index contributed by atoms with van der Waals surface area (Å²) in [6, 6.07) is -0.0156. The summed E-state index contributed by atoms with van der Waals surface area (Å²) >= 11 is 0. The molecule has 1 saturated carbocycles. The molecule has 2 fully saturated rings. The van der Waals surface area contributed by atoms with Crippen molar-refractivity contribution in [3.8, 4) is 0 Å². The standard InChI is InChI=1S/C14H26N2O2/c1-10-5-3-6-11(12(10)15)13(17)16-8-4-7-14(2,18)9-16/h10-12,18H,3-9,15H2,1-2H3. The minimum Gasteiger partial charge on any atom is -0.388 e. The molecule has 1 aliphatic carbocycles. The topological polar surface area (TPSA) is 66.6 Å². The molecule has 18 heavy (non-hydrogen) atoms. The van der Waals surface area contributed by atoms with Gasteiger partial charge in [-0.25, -0.2) is 0 Å². The van der Waals surface area contributed by atoms with E-state index in [0.717, 1.165) is 38.6 Å². The maximum absolute atomic E-state index is 12.5. The highest BCUT2D eigenvalue weighted by molar-refractivity contribution is 5.80. The van der Waals surface area contributed by atoms with Crippen LogP contribution in [-0.2, 0) is 4.79 Å². The molecule has 1 aliphatic heterocycles. The highest BCUT2D eigenvalue weighted by Gasteiger charge is 2.38. The molecule has 4 heteroatoms. The molecule has 0 bridgehead atoms. The summed E-state index contributed by atoms with van der Waals surface area (Å²) in [5, 5.41) is 10.1. The predicted octanol–water partition coefficient (Wildman–Crippen LogP) is 1.12. The first kappa shape index (κ1) is 13.8. The third-order valence-electron chi connectivity index (χ3n) is 4.60. The van der Waals surface area contributed by atoms with Crippen LogP contribution in [0.4, 0.5) is 0 Å². The van der Waals surface area contributed by atoms with Crippen LogP contribution in [0.3, 0.4) is 0 Å². The number of piperidine rings is 1. The number of likely N-dealkylation sites (tertiary alicyclic amines) is 1. The lowest BCUT2D eigenvalue weighted by molar-refractivity contribution is -0.144. The summed E-state index contributed by atoms with van der Waals surface area (Å²) in [5.41, 5.74) is 5.46. The fourth-order valence-electron chi connectivity index (χ4n) is 3.37. The molecule has 2 rings (SSSR count). The Balaban J connectivity index is 2.02. The van der Waals surface area contributed by atoms with Crippen molar-refractivity contribution < 1.29 is 9.90 Å². The second-order valence-corrected chi connectivity index (χ2v) is 6.45. The number of hydrogen-bond acceptors (Lipinski definition) is 3. The maximum Gasteiger partial charge on any atom is 0.227 e. The van der Waals surface area contributed by atoms with E-state index in [1.807, 2.05) is 11.8 Å². The lowest BCUT2D eigenvalue weighted by Crippen LogP contribution is -2.54. The number of hydrogen-bond donors (Lipinski definition) is 2. The molecule has 2 aliphatic rings. The largest absolute Gasteiger partial charge is 0.388 e. The minimum absolute atomic E-state index is 0.0156. The van der Waals surface area contributed by atoms with Gasteiger partial charge in [-0.2, -0.15) is 0 Å². The van der Waals surface area contributed by atoms with Gasteiger partial charge in [0.15, 0.2) is 0 Å². The molecule has 0 aromatic carbocycles. The lowest BCUT2D eigenvalue weighted by atomic mass is 9.77. The molecule has 4 atom stereocenters. The van der Waals surface area contributed by atoms with Gasteiger partial charge in [0, 0.05) is 19.1 Å². The van der Waals surface area contributed by atoms with E-state index in [1.165, 1.54) is 0 Å². The van der Waals surface area contributed by atoms with Crippen LogP contribution >= 0.6 is 0 Å². The summed E-state index contributed by atoms with van der Waals surface area (Å²) in [5.74, 6) is 0.551. The van der Waals surface area contributed by atoms with Crippen molar-refractivity contribution in [3.63, 3.8) is 0 Å². The van der Waals surface area contributed by atoms with Crippen LogP contribution < -0.4 is 5.73 Å². The number of amides is 1. The molecule has 1 amide bonds. The van der Waals surface area contributed by atoms with Gasteiger partial charge in [-0.1, -0.05) is 13.3 Å². The van der Waals surface area contributed by atoms with Crippen molar-refractivity contribution in [1.29, 1.82) is 0 Å². The molecular weight excluding hydrogens is 228 g/mol. The Morgan fingerprint density at radius 3 is 2.78 bits per heavy atom. The van der Waals surface area contributed by atoms with E-state index in [2.05, 4.69) is 6.92 Å². The molecule has 1 saturated heterocycles. The van der Waals surface area contributed by atoms with Crippen molar-refractivity contribution in [2.75, 3.05) is 13.1 Å². The van der Waals surface area contributed by atoms with Gasteiger partial charge in [-0.3, -0.25) is 4.79 Å². The molecule has 0 radical (unpaired) electrons. The van der Waals surface area contributed by atoms with Crippen LogP contribution in [-0.4, -0.2) is 40.6 Å². The Bertz CT molecular complexity index is 317. The highest BCUT2D eigenvalue weighted by atomic mass is 16.3. The maximum atomic E-state index is 12.5. The minimum atomic E-state index is -0.724. The Labute approximate surface area is 110 Å². The van der Waals surface area contributed by atoms with E-state index in [9.17, 15) is 9.90 Å². The van der Waals surface area contributed by atoms with E-state index in [4.69, 9.17) is 5.73 Å². The molecule has 0 aromatic heterocycles. The predicted molar refractivity (Wildman–Crippen MR) is 70.9 cm³/mol. The number of aliphatic hydroxyl groups is 1. The molecule has 104 valence electrons. The average Bonchev–Trinajstić information content (AvgIpc) is 2.30. The summed E-state index contributed by atoms with van der Waals surface area (Å²) in [6.07, 6.45) is 4.79. The smallest absolute Gasteiger partial charge is 0.227 e. The number of carbonyl (C=O) groups excluding carboxylic acids is 1. The molecule has 3 N–H and O–H groups in total. The van der Waals surface area contributed by atoms with Gasteiger partial charge in [-0.05, 0) is 38.5 Å². The van der Waals surface area contributed by atoms with Crippen molar-refractivity contribution >= 4 is 5.91 Å².